The molecule has 0 fully saturated rings. The fourth-order valence-corrected chi connectivity index (χ4v) is 1.85. The highest BCUT2D eigenvalue weighted by Crippen LogP contribution is 2.09. The van der Waals surface area contributed by atoms with Crippen molar-refractivity contribution in [3.05, 3.63) is 35.6 Å². The summed E-state index contributed by atoms with van der Waals surface area (Å²) in [5.74, 6) is -0.184. The molecular formula is C16H25FN2O2. The molecule has 4 nitrogen and oxygen atoms in total. The van der Waals surface area contributed by atoms with E-state index < -0.39 is 11.7 Å². The minimum absolute atomic E-state index is 0.184. The largest absolute Gasteiger partial charge is 0.444 e. The molecule has 0 bridgehead atoms. The SMILES string of the molecule is CN(CCCNC(=O)OC(C)(C)C)Cc1ccccc1F. The third-order valence-corrected chi connectivity index (χ3v) is 2.78. The summed E-state index contributed by atoms with van der Waals surface area (Å²) in [6.07, 6.45) is 0.378. The third kappa shape index (κ3) is 7.66. The van der Waals surface area contributed by atoms with Crippen molar-refractivity contribution < 1.29 is 13.9 Å². The number of nitrogens with zero attached hydrogens (tertiary/aromatic N) is 1. The van der Waals surface area contributed by atoms with Gasteiger partial charge in [-0.05, 0) is 46.9 Å². The lowest BCUT2D eigenvalue weighted by Gasteiger charge is -2.20. The zero-order chi connectivity index (χ0) is 15.9. The van der Waals surface area contributed by atoms with Crippen molar-refractivity contribution in [3.8, 4) is 0 Å². The predicted molar refractivity (Wildman–Crippen MR) is 81.6 cm³/mol. The molecule has 5 heteroatoms. The number of nitrogens with one attached hydrogen (secondary N) is 1. The highest BCUT2D eigenvalue weighted by molar-refractivity contribution is 5.67. The zero-order valence-electron chi connectivity index (χ0n) is 13.3. The van der Waals surface area contributed by atoms with Crippen LogP contribution in [0.5, 0.6) is 0 Å². The monoisotopic (exact) mass is 296 g/mol. The average Bonchev–Trinajstić information content (AvgIpc) is 2.35. The molecule has 1 rings (SSSR count). The Hall–Kier alpha value is -1.62. The Morgan fingerprint density at radius 1 is 1.33 bits per heavy atom. The molecule has 0 aromatic heterocycles. The van der Waals surface area contributed by atoms with Gasteiger partial charge in [0.1, 0.15) is 11.4 Å². The number of hydrogen-bond donors (Lipinski definition) is 1. The lowest BCUT2D eigenvalue weighted by Crippen LogP contribution is -2.34. The van der Waals surface area contributed by atoms with Gasteiger partial charge in [0.25, 0.3) is 0 Å². The summed E-state index contributed by atoms with van der Waals surface area (Å²) in [5, 5.41) is 2.71. The van der Waals surface area contributed by atoms with Crippen LogP contribution in [0, 0.1) is 5.82 Å². The van der Waals surface area contributed by atoms with E-state index >= 15 is 0 Å². The average molecular weight is 296 g/mol. The maximum Gasteiger partial charge on any atom is 0.407 e. The van der Waals surface area contributed by atoms with E-state index in [4.69, 9.17) is 4.74 Å². The molecule has 118 valence electrons. The Morgan fingerprint density at radius 3 is 2.62 bits per heavy atom. The fraction of sp³-hybridized carbons (Fsp3) is 0.562. The van der Waals surface area contributed by atoms with Crippen molar-refractivity contribution in [1.82, 2.24) is 10.2 Å². The Labute approximate surface area is 126 Å². The molecule has 0 heterocycles. The molecule has 0 spiro atoms. The van der Waals surface area contributed by atoms with E-state index in [-0.39, 0.29) is 5.82 Å². The first-order valence-corrected chi connectivity index (χ1v) is 7.17. The molecule has 0 radical (unpaired) electrons. The Balaban J connectivity index is 2.21. The van der Waals surface area contributed by atoms with Gasteiger partial charge in [0.2, 0.25) is 0 Å². The Kier molecular flexibility index (Phi) is 6.62. The molecule has 0 saturated heterocycles. The molecule has 1 amide bonds. The number of ether oxygens (including phenoxy) is 1. The van der Waals surface area contributed by atoms with Crippen LogP contribution in [0.2, 0.25) is 0 Å². The first kappa shape index (κ1) is 17.4. The van der Waals surface area contributed by atoms with Crippen LogP contribution in [0.4, 0.5) is 9.18 Å². The molecule has 0 aliphatic carbocycles. The molecular weight excluding hydrogens is 271 g/mol. The molecule has 0 atom stereocenters. The topological polar surface area (TPSA) is 41.6 Å². The zero-order valence-corrected chi connectivity index (χ0v) is 13.3. The summed E-state index contributed by atoms with van der Waals surface area (Å²) in [6, 6.07) is 6.76. The molecule has 0 unspecified atom stereocenters. The number of rotatable bonds is 6. The van der Waals surface area contributed by atoms with Gasteiger partial charge in [-0.3, -0.25) is 0 Å². The maximum absolute atomic E-state index is 13.5. The maximum atomic E-state index is 13.5. The van der Waals surface area contributed by atoms with E-state index in [0.717, 1.165) is 13.0 Å². The van der Waals surface area contributed by atoms with Gasteiger partial charge in [0.05, 0.1) is 0 Å². The van der Waals surface area contributed by atoms with Crippen LogP contribution in [0.1, 0.15) is 32.8 Å². The minimum Gasteiger partial charge on any atom is -0.444 e. The second-order valence-electron chi connectivity index (χ2n) is 6.11. The lowest BCUT2D eigenvalue weighted by molar-refractivity contribution is 0.0526. The molecule has 0 aliphatic heterocycles. The molecule has 21 heavy (non-hydrogen) atoms. The summed E-state index contributed by atoms with van der Waals surface area (Å²) < 4.78 is 18.6. The van der Waals surface area contributed by atoms with Gasteiger partial charge in [-0.1, -0.05) is 18.2 Å². The number of carbonyl (C=O) groups is 1. The van der Waals surface area contributed by atoms with Gasteiger partial charge in [-0.2, -0.15) is 0 Å². The summed E-state index contributed by atoms with van der Waals surface area (Å²) in [6.45, 7) is 7.35. The number of amides is 1. The standard InChI is InChI=1S/C16H25FN2O2/c1-16(2,3)21-15(20)18-10-7-11-19(4)12-13-8-5-6-9-14(13)17/h5-6,8-9H,7,10-12H2,1-4H3,(H,18,20). The van der Waals surface area contributed by atoms with Crippen molar-refractivity contribution in [2.45, 2.75) is 39.3 Å². The van der Waals surface area contributed by atoms with Crippen molar-refractivity contribution in [2.24, 2.45) is 0 Å². The molecule has 1 aromatic carbocycles. The molecule has 0 saturated carbocycles. The normalized spacial score (nSPS) is 11.5. The van der Waals surface area contributed by atoms with Gasteiger partial charge < -0.3 is 15.0 Å². The number of benzene rings is 1. The highest BCUT2D eigenvalue weighted by Gasteiger charge is 2.15. The second kappa shape index (κ2) is 7.98. The van der Waals surface area contributed by atoms with Gasteiger partial charge in [0, 0.05) is 18.7 Å². The van der Waals surface area contributed by atoms with Crippen molar-refractivity contribution in [2.75, 3.05) is 20.1 Å². The Morgan fingerprint density at radius 2 is 2.00 bits per heavy atom. The van der Waals surface area contributed by atoms with E-state index in [9.17, 15) is 9.18 Å². The van der Waals surface area contributed by atoms with E-state index in [1.54, 1.807) is 12.1 Å². The van der Waals surface area contributed by atoms with Crippen LogP contribution < -0.4 is 5.32 Å². The number of alkyl carbamates (subject to hydrolysis) is 1. The quantitative estimate of drug-likeness (QED) is 0.820. The van der Waals surface area contributed by atoms with E-state index in [1.807, 2.05) is 38.8 Å². The number of halogens is 1. The van der Waals surface area contributed by atoms with Crippen molar-refractivity contribution in [3.63, 3.8) is 0 Å². The summed E-state index contributed by atoms with van der Waals surface area (Å²) >= 11 is 0. The first-order chi connectivity index (χ1) is 9.78. The summed E-state index contributed by atoms with van der Waals surface area (Å²) in [7, 11) is 1.93. The van der Waals surface area contributed by atoms with Crippen LogP contribution in [0.3, 0.4) is 0 Å². The third-order valence-electron chi connectivity index (χ3n) is 2.78. The fourth-order valence-electron chi connectivity index (χ4n) is 1.85. The van der Waals surface area contributed by atoms with E-state index in [0.29, 0.717) is 18.7 Å². The molecule has 1 N–H and O–H groups in total. The smallest absolute Gasteiger partial charge is 0.407 e. The highest BCUT2D eigenvalue weighted by atomic mass is 19.1. The van der Waals surface area contributed by atoms with Gasteiger partial charge in [-0.25, -0.2) is 9.18 Å². The number of hydrogen-bond acceptors (Lipinski definition) is 3. The summed E-state index contributed by atoms with van der Waals surface area (Å²) in [5.41, 5.74) is 0.200. The van der Waals surface area contributed by atoms with Crippen LogP contribution in [-0.4, -0.2) is 36.7 Å². The van der Waals surface area contributed by atoms with Crippen LogP contribution >= 0.6 is 0 Å². The van der Waals surface area contributed by atoms with Crippen LogP contribution in [0.25, 0.3) is 0 Å². The van der Waals surface area contributed by atoms with Crippen LogP contribution in [0.15, 0.2) is 24.3 Å². The first-order valence-electron chi connectivity index (χ1n) is 7.17. The molecule has 1 aromatic rings. The molecule has 0 aliphatic rings. The Bertz CT molecular complexity index is 458. The summed E-state index contributed by atoms with van der Waals surface area (Å²) in [4.78, 5) is 13.5. The van der Waals surface area contributed by atoms with Crippen molar-refractivity contribution >= 4 is 6.09 Å². The minimum atomic E-state index is -0.480. The predicted octanol–water partition coefficient (Wildman–Crippen LogP) is 3.17. The van der Waals surface area contributed by atoms with Gasteiger partial charge >= 0.3 is 6.09 Å². The van der Waals surface area contributed by atoms with Crippen LogP contribution in [-0.2, 0) is 11.3 Å². The second-order valence-corrected chi connectivity index (χ2v) is 6.11. The van der Waals surface area contributed by atoms with Gasteiger partial charge in [0.15, 0.2) is 0 Å². The van der Waals surface area contributed by atoms with E-state index in [2.05, 4.69) is 5.32 Å². The lowest BCUT2D eigenvalue weighted by atomic mass is 10.2. The number of carbonyl (C=O) groups excluding carboxylic acids is 1. The van der Waals surface area contributed by atoms with E-state index in [1.165, 1.54) is 6.07 Å². The van der Waals surface area contributed by atoms with Crippen molar-refractivity contribution in [1.29, 1.82) is 0 Å². The van der Waals surface area contributed by atoms with Gasteiger partial charge in [-0.15, -0.1) is 0 Å².